The first-order chi connectivity index (χ1) is 8.69. The lowest BCUT2D eigenvalue weighted by molar-refractivity contribution is 0.290. The van der Waals surface area contributed by atoms with E-state index in [0.29, 0.717) is 5.56 Å². The molecule has 2 aromatic rings. The Balaban J connectivity index is 2.07. The van der Waals surface area contributed by atoms with Gasteiger partial charge in [-0.15, -0.1) is 5.10 Å². The number of pyridine rings is 1. The topological polar surface area (TPSA) is 91.0 Å². The van der Waals surface area contributed by atoms with Gasteiger partial charge in [-0.1, -0.05) is 5.10 Å². The van der Waals surface area contributed by atoms with Crippen LogP contribution in [0.4, 0.5) is 9.52 Å². The Morgan fingerprint density at radius 1 is 1.56 bits per heavy atom. The quantitative estimate of drug-likeness (QED) is 0.832. The first-order valence-electron chi connectivity index (χ1n) is 4.76. The van der Waals surface area contributed by atoms with Crippen LogP contribution >= 0.6 is 11.3 Å². The van der Waals surface area contributed by atoms with Crippen LogP contribution in [0.1, 0.15) is 11.3 Å². The average Bonchev–Trinajstić information content (AvgIpc) is 2.74. The SMILES string of the molecule is Nc1nnc(OCc2ncc(C=C=O)cc2F)s1. The van der Waals surface area contributed by atoms with Gasteiger partial charge in [0.05, 0.1) is 0 Å². The zero-order chi connectivity index (χ0) is 13.0. The largest absolute Gasteiger partial charge is 0.462 e. The van der Waals surface area contributed by atoms with E-state index in [4.69, 9.17) is 10.5 Å². The molecule has 2 rings (SSSR count). The van der Waals surface area contributed by atoms with Gasteiger partial charge in [0.25, 0.3) is 5.19 Å². The molecule has 8 heteroatoms. The number of nitrogen functional groups attached to an aromatic ring is 1. The molecule has 0 aliphatic rings. The maximum absolute atomic E-state index is 13.5. The lowest BCUT2D eigenvalue weighted by Gasteiger charge is -2.03. The highest BCUT2D eigenvalue weighted by molar-refractivity contribution is 7.16. The van der Waals surface area contributed by atoms with Gasteiger partial charge >= 0.3 is 0 Å². The number of anilines is 1. The number of halogens is 1. The first kappa shape index (κ1) is 12.2. The molecule has 2 N–H and O–H groups in total. The average molecular weight is 266 g/mol. The van der Waals surface area contributed by atoms with Crippen LogP contribution in [-0.4, -0.2) is 21.1 Å². The summed E-state index contributed by atoms with van der Waals surface area (Å²) in [5, 5.41) is 7.68. The molecule has 0 aliphatic carbocycles. The van der Waals surface area contributed by atoms with Crippen molar-refractivity contribution >= 4 is 28.5 Å². The van der Waals surface area contributed by atoms with Gasteiger partial charge in [-0.25, -0.2) is 9.18 Å². The number of carbonyl (C=O) groups excluding carboxylic acids is 1. The highest BCUT2D eigenvalue weighted by Crippen LogP contribution is 2.20. The normalized spacial score (nSPS) is 9.83. The maximum atomic E-state index is 13.5. The van der Waals surface area contributed by atoms with Crippen molar-refractivity contribution in [2.45, 2.75) is 6.61 Å². The van der Waals surface area contributed by atoms with Gasteiger partial charge in [-0.3, -0.25) is 4.98 Å². The summed E-state index contributed by atoms with van der Waals surface area (Å²) < 4.78 is 18.7. The minimum Gasteiger partial charge on any atom is -0.462 e. The number of hydrogen-bond donors (Lipinski definition) is 1. The number of rotatable bonds is 4. The summed E-state index contributed by atoms with van der Waals surface area (Å²) in [7, 11) is 0. The Kier molecular flexibility index (Phi) is 3.61. The van der Waals surface area contributed by atoms with Crippen molar-refractivity contribution in [1.29, 1.82) is 0 Å². The van der Waals surface area contributed by atoms with Crippen LogP contribution in [0.5, 0.6) is 5.19 Å². The molecule has 2 aromatic heterocycles. The molecular formula is C10H7FN4O2S. The summed E-state index contributed by atoms with van der Waals surface area (Å²) in [6.45, 7) is -0.0917. The molecular weight excluding hydrogens is 259 g/mol. The van der Waals surface area contributed by atoms with Gasteiger partial charge in [0.2, 0.25) is 5.13 Å². The van der Waals surface area contributed by atoms with Crippen molar-refractivity contribution in [2.75, 3.05) is 5.73 Å². The van der Waals surface area contributed by atoms with E-state index in [1.807, 2.05) is 0 Å². The predicted octanol–water partition coefficient (Wildman–Crippen LogP) is 1.08. The Labute approximate surface area is 105 Å². The minimum absolute atomic E-state index is 0.0917. The van der Waals surface area contributed by atoms with Crippen LogP contribution in [0.25, 0.3) is 6.08 Å². The summed E-state index contributed by atoms with van der Waals surface area (Å²) in [6.07, 6.45) is 2.44. The smallest absolute Gasteiger partial charge is 0.296 e. The number of aromatic nitrogens is 3. The third-order valence-corrected chi connectivity index (χ3v) is 2.58. The van der Waals surface area contributed by atoms with E-state index < -0.39 is 5.82 Å². The molecule has 0 atom stereocenters. The fourth-order valence-corrected chi connectivity index (χ4v) is 1.60. The molecule has 0 amide bonds. The van der Waals surface area contributed by atoms with Gasteiger partial charge in [0, 0.05) is 17.8 Å². The zero-order valence-corrected chi connectivity index (χ0v) is 9.78. The standard InChI is InChI=1S/C10H7FN4O2S/c11-7-3-6(1-2-16)4-13-8(7)5-17-10-15-14-9(12)18-10/h1,3-4H,5H2,(H2,12,14). The maximum Gasteiger partial charge on any atom is 0.296 e. The van der Waals surface area contributed by atoms with Crippen molar-refractivity contribution in [3.05, 3.63) is 29.3 Å². The summed E-state index contributed by atoms with van der Waals surface area (Å²) >= 11 is 1.05. The third kappa shape index (κ3) is 2.88. The first-order valence-corrected chi connectivity index (χ1v) is 5.58. The second-order valence-electron chi connectivity index (χ2n) is 3.15. The van der Waals surface area contributed by atoms with Crippen molar-refractivity contribution in [3.63, 3.8) is 0 Å². The number of nitrogens with zero attached hydrogens (tertiary/aromatic N) is 3. The van der Waals surface area contributed by atoms with Crippen molar-refractivity contribution < 1.29 is 13.9 Å². The van der Waals surface area contributed by atoms with Gasteiger partial charge in [0.1, 0.15) is 24.1 Å². The van der Waals surface area contributed by atoms with Crippen molar-refractivity contribution in [1.82, 2.24) is 15.2 Å². The molecule has 0 spiro atoms. The summed E-state index contributed by atoms with van der Waals surface area (Å²) in [5.41, 5.74) is 5.81. The molecule has 18 heavy (non-hydrogen) atoms. The lowest BCUT2D eigenvalue weighted by atomic mass is 10.2. The number of nitrogens with two attached hydrogens (primary N) is 1. The molecule has 0 unspecified atom stereocenters. The minimum atomic E-state index is -0.573. The Hall–Kier alpha value is -2.31. The lowest BCUT2D eigenvalue weighted by Crippen LogP contribution is -2.01. The summed E-state index contributed by atoms with van der Waals surface area (Å²) in [5.74, 6) is 0.975. The zero-order valence-electron chi connectivity index (χ0n) is 8.96. The van der Waals surface area contributed by atoms with Crippen molar-refractivity contribution in [2.24, 2.45) is 0 Å². The van der Waals surface area contributed by atoms with Gasteiger partial charge in [-0.05, 0) is 17.4 Å². The second-order valence-corrected chi connectivity index (χ2v) is 4.13. The molecule has 0 aromatic carbocycles. The van der Waals surface area contributed by atoms with Crippen LogP contribution in [0, 0.1) is 5.82 Å². The van der Waals surface area contributed by atoms with Crippen LogP contribution in [0.15, 0.2) is 12.3 Å². The molecule has 92 valence electrons. The van der Waals surface area contributed by atoms with E-state index in [2.05, 4.69) is 15.2 Å². The molecule has 6 nitrogen and oxygen atoms in total. The van der Waals surface area contributed by atoms with E-state index in [-0.39, 0.29) is 22.6 Å². The Morgan fingerprint density at radius 3 is 3.00 bits per heavy atom. The fourth-order valence-electron chi connectivity index (χ4n) is 1.14. The predicted molar refractivity (Wildman–Crippen MR) is 63.0 cm³/mol. The van der Waals surface area contributed by atoms with E-state index in [0.717, 1.165) is 17.4 Å². The highest BCUT2D eigenvalue weighted by atomic mass is 32.1. The van der Waals surface area contributed by atoms with Crippen LogP contribution in [0.3, 0.4) is 0 Å². The van der Waals surface area contributed by atoms with Crippen molar-refractivity contribution in [3.8, 4) is 5.19 Å². The van der Waals surface area contributed by atoms with Crippen LogP contribution in [-0.2, 0) is 11.4 Å². The Morgan fingerprint density at radius 2 is 2.39 bits per heavy atom. The highest BCUT2D eigenvalue weighted by Gasteiger charge is 2.08. The van der Waals surface area contributed by atoms with Gasteiger partial charge in [-0.2, -0.15) is 0 Å². The van der Waals surface area contributed by atoms with E-state index in [9.17, 15) is 9.18 Å². The summed E-state index contributed by atoms with van der Waals surface area (Å²) in [4.78, 5) is 13.9. The number of hydrogen-bond acceptors (Lipinski definition) is 7. The molecule has 0 saturated heterocycles. The van der Waals surface area contributed by atoms with E-state index in [1.165, 1.54) is 12.3 Å². The van der Waals surface area contributed by atoms with E-state index in [1.54, 1.807) is 5.94 Å². The van der Waals surface area contributed by atoms with Crippen LogP contribution < -0.4 is 10.5 Å². The molecule has 0 fully saturated rings. The van der Waals surface area contributed by atoms with Gasteiger partial charge in [0.15, 0.2) is 0 Å². The summed E-state index contributed by atoms with van der Waals surface area (Å²) in [6, 6.07) is 1.17. The molecule has 0 radical (unpaired) electrons. The Bertz CT molecular complexity index is 610. The third-order valence-electron chi connectivity index (χ3n) is 1.92. The molecule has 2 heterocycles. The second kappa shape index (κ2) is 5.35. The molecule has 0 aliphatic heterocycles. The fraction of sp³-hybridized carbons (Fsp3) is 0.100. The number of ether oxygens (including phenoxy) is 1. The van der Waals surface area contributed by atoms with Crippen LogP contribution in [0.2, 0.25) is 0 Å². The molecule has 0 saturated carbocycles. The van der Waals surface area contributed by atoms with E-state index >= 15 is 0 Å². The molecule has 0 bridgehead atoms. The monoisotopic (exact) mass is 266 g/mol. The van der Waals surface area contributed by atoms with Gasteiger partial charge < -0.3 is 10.5 Å².